The Labute approximate surface area is 110 Å². The van der Waals surface area contributed by atoms with Crippen molar-refractivity contribution in [3.8, 4) is 0 Å². The minimum Gasteiger partial charge on any atom is -0.339 e. The van der Waals surface area contributed by atoms with Crippen LogP contribution in [-0.2, 0) is 4.79 Å². The molecule has 4 nitrogen and oxygen atoms in total. The molecule has 1 saturated carbocycles. The number of nitrogens with zero attached hydrogens (tertiary/aromatic N) is 3. The van der Waals surface area contributed by atoms with Crippen LogP contribution in [-0.4, -0.2) is 73.5 Å². The number of likely N-dealkylation sites (N-methyl/N-ethyl adjacent to an activating group) is 1. The highest BCUT2D eigenvalue weighted by Crippen LogP contribution is 2.29. The molecule has 0 spiro atoms. The van der Waals surface area contributed by atoms with Gasteiger partial charge in [0.25, 0.3) is 0 Å². The number of rotatable bonds is 6. The van der Waals surface area contributed by atoms with Crippen LogP contribution in [0.5, 0.6) is 0 Å². The maximum absolute atomic E-state index is 12.2. The third kappa shape index (κ3) is 4.10. The van der Waals surface area contributed by atoms with Gasteiger partial charge in [0.1, 0.15) is 0 Å². The SMILES string of the molecule is C=CCN(CC(=O)N1CCN(C)CC1)CC1CC1. The largest absolute Gasteiger partial charge is 0.339 e. The lowest BCUT2D eigenvalue weighted by Crippen LogP contribution is -2.50. The van der Waals surface area contributed by atoms with E-state index < -0.39 is 0 Å². The molecule has 102 valence electrons. The maximum atomic E-state index is 12.2. The highest BCUT2D eigenvalue weighted by atomic mass is 16.2. The quantitative estimate of drug-likeness (QED) is 0.649. The van der Waals surface area contributed by atoms with Crippen LogP contribution in [0, 0.1) is 5.92 Å². The molecule has 2 aliphatic rings. The van der Waals surface area contributed by atoms with Crippen molar-refractivity contribution in [1.29, 1.82) is 0 Å². The Morgan fingerprint density at radius 2 is 2.00 bits per heavy atom. The third-order valence-electron chi connectivity index (χ3n) is 3.82. The lowest BCUT2D eigenvalue weighted by molar-refractivity contribution is -0.133. The average Bonchev–Trinajstić information content (AvgIpc) is 3.14. The lowest BCUT2D eigenvalue weighted by Gasteiger charge is -2.33. The van der Waals surface area contributed by atoms with Gasteiger partial charge >= 0.3 is 0 Å². The first kappa shape index (κ1) is 13.6. The fourth-order valence-electron chi connectivity index (χ4n) is 2.40. The smallest absolute Gasteiger partial charge is 0.236 e. The van der Waals surface area contributed by atoms with Gasteiger partial charge in [-0.25, -0.2) is 0 Å². The van der Waals surface area contributed by atoms with E-state index in [9.17, 15) is 4.79 Å². The molecule has 1 saturated heterocycles. The molecule has 0 radical (unpaired) electrons. The molecule has 2 rings (SSSR count). The van der Waals surface area contributed by atoms with Crippen molar-refractivity contribution < 1.29 is 4.79 Å². The molecular weight excluding hydrogens is 226 g/mol. The zero-order chi connectivity index (χ0) is 13.0. The Balaban J connectivity index is 1.77. The van der Waals surface area contributed by atoms with Crippen molar-refractivity contribution in [1.82, 2.24) is 14.7 Å². The molecule has 0 aromatic carbocycles. The second-order valence-corrected chi connectivity index (χ2v) is 5.61. The number of hydrogen-bond donors (Lipinski definition) is 0. The average molecular weight is 251 g/mol. The van der Waals surface area contributed by atoms with E-state index in [1.807, 2.05) is 11.0 Å². The number of carbonyl (C=O) groups is 1. The number of carbonyl (C=O) groups excluding carboxylic acids is 1. The Morgan fingerprint density at radius 3 is 2.56 bits per heavy atom. The Hall–Kier alpha value is -0.870. The van der Waals surface area contributed by atoms with Gasteiger partial charge in [0.15, 0.2) is 0 Å². The van der Waals surface area contributed by atoms with E-state index in [4.69, 9.17) is 0 Å². The highest BCUT2D eigenvalue weighted by Gasteiger charge is 2.26. The van der Waals surface area contributed by atoms with Crippen molar-refractivity contribution >= 4 is 5.91 Å². The number of hydrogen-bond acceptors (Lipinski definition) is 3. The molecule has 18 heavy (non-hydrogen) atoms. The van der Waals surface area contributed by atoms with E-state index in [1.165, 1.54) is 12.8 Å². The van der Waals surface area contributed by atoms with Crippen LogP contribution < -0.4 is 0 Å². The molecule has 0 aromatic heterocycles. The summed E-state index contributed by atoms with van der Waals surface area (Å²) in [6, 6.07) is 0. The molecule has 4 heteroatoms. The van der Waals surface area contributed by atoms with Crippen molar-refractivity contribution in [3.63, 3.8) is 0 Å². The topological polar surface area (TPSA) is 26.8 Å². The Kier molecular flexibility index (Phi) is 4.78. The summed E-state index contributed by atoms with van der Waals surface area (Å²) in [5.74, 6) is 1.11. The Bertz CT molecular complexity index is 293. The van der Waals surface area contributed by atoms with E-state index >= 15 is 0 Å². The molecule has 1 heterocycles. The first-order valence-corrected chi connectivity index (χ1v) is 6.98. The summed E-state index contributed by atoms with van der Waals surface area (Å²) in [5.41, 5.74) is 0. The second-order valence-electron chi connectivity index (χ2n) is 5.61. The van der Waals surface area contributed by atoms with Gasteiger partial charge in [-0.15, -0.1) is 6.58 Å². The first-order chi connectivity index (χ1) is 8.69. The Morgan fingerprint density at radius 1 is 1.33 bits per heavy atom. The third-order valence-corrected chi connectivity index (χ3v) is 3.82. The highest BCUT2D eigenvalue weighted by molar-refractivity contribution is 5.78. The fourth-order valence-corrected chi connectivity index (χ4v) is 2.40. The summed E-state index contributed by atoms with van der Waals surface area (Å²) in [4.78, 5) is 18.7. The molecule has 1 aliphatic carbocycles. The molecule has 0 aromatic rings. The summed E-state index contributed by atoms with van der Waals surface area (Å²) >= 11 is 0. The monoisotopic (exact) mass is 251 g/mol. The molecule has 0 N–H and O–H groups in total. The summed E-state index contributed by atoms with van der Waals surface area (Å²) in [6.45, 7) is 9.98. The van der Waals surface area contributed by atoms with Gasteiger partial charge in [-0.3, -0.25) is 9.69 Å². The van der Waals surface area contributed by atoms with Crippen LogP contribution in [0.1, 0.15) is 12.8 Å². The van der Waals surface area contributed by atoms with Crippen LogP contribution in [0.2, 0.25) is 0 Å². The number of piperazine rings is 1. The summed E-state index contributed by atoms with van der Waals surface area (Å²) < 4.78 is 0. The van der Waals surface area contributed by atoms with Crippen LogP contribution in [0.4, 0.5) is 0 Å². The van der Waals surface area contributed by atoms with Gasteiger partial charge in [0, 0.05) is 39.3 Å². The lowest BCUT2D eigenvalue weighted by atomic mass is 10.3. The molecule has 1 aliphatic heterocycles. The van der Waals surface area contributed by atoms with Crippen molar-refractivity contribution in [3.05, 3.63) is 12.7 Å². The minimum atomic E-state index is 0.283. The van der Waals surface area contributed by atoms with E-state index in [2.05, 4.69) is 23.4 Å². The molecular formula is C14H25N3O. The zero-order valence-corrected chi connectivity index (χ0v) is 11.5. The summed E-state index contributed by atoms with van der Waals surface area (Å²) in [6.07, 6.45) is 4.56. The molecule has 1 amide bonds. The van der Waals surface area contributed by atoms with Gasteiger partial charge < -0.3 is 9.80 Å². The van der Waals surface area contributed by atoms with Crippen molar-refractivity contribution in [2.24, 2.45) is 5.92 Å². The van der Waals surface area contributed by atoms with Gasteiger partial charge in [-0.1, -0.05) is 6.08 Å². The number of amides is 1. The van der Waals surface area contributed by atoms with Gasteiger partial charge in [0.05, 0.1) is 6.54 Å². The normalized spacial score (nSPS) is 21.3. The van der Waals surface area contributed by atoms with Crippen molar-refractivity contribution in [2.45, 2.75) is 12.8 Å². The predicted molar refractivity (Wildman–Crippen MR) is 73.4 cm³/mol. The van der Waals surface area contributed by atoms with E-state index in [-0.39, 0.29) is 5.91 Å². The summed E-state index contributed by atoms with van der Waals surface area (Å²) in [7, 11) is 2.11. The molecule has 0 atom stereocenters. The van der Waals surface area contributed by atoms with Gasteiger partial charge in [-0.05, 0) is 25.8 Å². The van der Waals surface area contributed by atoms with Crippen LogP contribution in [0.15, 0.2) is 12.7 Å². The predicted octanol–water partition coefficient (Wildman–Crippen LogP) is 0.658. The van der Waals surface area contributed by atoms with Crippen molar-refractivity contribution in [2.75, 3.05) is 52.9 Å². The molecule has 0 bridgehead atoms. The second kappa shape index (κ2) is 6.34. The van der Waals surface area contributed by atoms with E-state index in [0.29, 0.717) is 6.54 Å². The van der Waals surface area contributed by atoms with Crippen LogP contribution in [0.3, 0.4) is 0 Å². The van der Waals surface area contributed by atoms with E-state index in [0.717, 1.165) is 45.2 Å². The van der Waals surface area contributed by atoms with Crippen LogP contribution >= 0.6 is 0 Å². The minimum absolute atomic E-state index is 0.283. The fraction of sp³-hybridized carbons (Fsp3) is 0.786. The molecule has 2 fully saturated rings. The summed E-state index contributed by atoms with van der Waals surface area (Å²) in [5, 5.41) is 0. The van der Waals surface area contributed by atoms with E-state index in [1.54, 1.807) is 0 Å². The van der Waals surface area contributed by atoms with Gasteiger partial charge in [0.2, 0.25) is 5.91 Å². The first-order valence-electron chi connectivity index (χ1n) is 6.98. The standard InChI is InChI=1S/C14H25N3O/c1-3-6-16(11-13-4-5-13)12-14(18)17-9-7-15(2)8-10-17/h3,13H,1,4-12H2,2H3. The maximum Gasteiger partial charge on any atom is 0.236 e. The van der Waals surface area contributed by atoms with Gasteiger partial charge in [-0.2, -0.15) is 0 Å². The molecule has 0 unspecified atom stereocenters. The van der Waals surface area contributed by atoms with Crippen LogP contribution in [0.25, 0.3) is 0 Å². The zero-order valence-electron chi connectivity index (χ0n) is 11.5.